The van der Waals surface area contributed by atoms with Crippen LogP contribution in [0.1, 0.15) is 71.6 Å². The molecule has 5 nitrogen and oxygen atoms in total. The van der Waals surface area contributed by atoms with Crippen molar-refractivity contribution in [1.82, 2.24) is 0 Å². The van der Waals surface area contributed by atoms with Gasteiger partial charge in [-0.15, -0.1) is 0 Å². The summed E-state index contributed by atoms with van der Waals surface area (Å²) < 4.78 is 12.1. The molecule has 0 radical (unpaired) electrons. The standard InChI is InChI=1S/C23H28O5/c1-20-8-4-15-18(16(20)5-9-22(20)10-6-17(25)27-22)14-12-23(28-19(14)26)11-13(24)3-7-21(15,23)2/h4,14,16,18H,3,5-12H2,1-2H3/t14?,16-,18+,20-,21+,22+,23?/m0/s1. The highest BCUT2D eigenvalue weighted by Gasteiger charge is 2.73. The highest BCUT2D eigenvalue weighted by atomic mass is 16.6. The Morgan fingerprint density at radius 1 is 1.00 bits per heavy atom. The average molecular weight is 384 g/mol. The largest absolute Gasteiger partial charge is 0.458 e. The fourth-order valence-corrected chi connectivity index (χ4v) is 8.31. The predicted molar refractivity (Wildman–Crippen MR) is 99.0 cm³/mol. The van der Waals surface area contributed by atoms with Crippen LogP contribution in [0, 0.1) is 28.6 Å². The molecule has 2 bridgehead atoms. The number of hydrogen-bond acceptors (Lipinski definition) is 5. The van der Waals surface area contributed by atoms with Gasteiger partial charge in [0.15, 0.2) is 0 Å². The summed E-state index contributed by atoms with van der Waals surface area (Å²) in [5.41, 5.74) is 0.0216. The van der Waals surface area contributed by atoms with E-state index in [4.69, 9.17) is 9.47 Å². The molecule has 150 valence electrons. The van der Waals surface area contributed by atoms with Gasteiger partial charge >= 0.3 is 11.9 Å². The second-order valence-corrected chi connectivity index (χ2v) is 10.7. The zero-order valence-electron chi connectivity index (χ0n) is 16.7. The van der Waals surface area contributed by atoms with Crippen molar-refractivity contribution in [3.8, 4) is 0 Å². The first kappa shape index (κ1) is 17.2. The van der Waals surface area contributed by atoms with Crippen LogP contribution in [0.4, 0.5) is 0 Å². The summed E-state index contributed by atoms with van der Waals surface area (Å²) in [6.45, 7) is 4.52. The molecule has 28 heavy (non-hydrogen) atoms. The number of carbonyl (C=O) groups is 3. The molecule has 2 spiro atoms. The Morgan fingerprint density at radius 3 is 2.57 bits per heavy atom. The fraction of sp³-hybridized carbons (Fsp3) is 0.783. The van der Waals surface area contributed by atoms with E-state index < -0.39 is 5.60 Å². The van der Waals surface area contributed by atoms with Crippen LogP contribution in [0.15, 0.2) is 11.6 Å². The molecule has 0 aromatic heterocycles. The molecule has 0 aromatic carbocycles. The SMILES string of the molecule is C[C@]12CC=C3[C@@H](C4CC5(CC(=O)CC[C@]35C)OC4=O)[C@@H]1CC[C@@]21CCC(=O)O1. The number of fused-ring (bicyclic) bond motifs is 7. The lowest BCUT2D eigenvalue weighted by Crippen LogP contribution is -2.59. The number of rotatable bonds is 0. The van der Waals surface area contributed by atoms with Crippen molar-refractivity contribution in [2.75, 3.05) is 0 Å². The van der Waals surface area contributed by atoms with Crippen LogP contribution >= 0.6 is 0 Å². The van der Waals surface area contributed by atoms with E-state index in [-0.39, 0.29) is 46.0 Å². The van der Waals surface area contributed by atoms with E-state index in [0.29, 0.717) is 31.6 Å². The molecule has 2 heterocycles. The van der Waals surface area contributed by atoms with Gasteiger partial charge in [-0.1, -0.05) is 25.5 Å². The molecular weight excluding hydrogens is 356 g/mol. The van der Waals surface area contributed by atoms with E-state index in [1.165, 1.54) is 5.57 Å². The average Bonchev–Trinajstić information content (AvgIpc) is 3.26. The van der Waals surface area contributed by atoms with Crippen molar-refractivity contribution in [3.05, 3.63) is 11.6 Å². The summed E-state index contributed by atoms with van der Waals surface area (Å²) in [6, 6.07) is 0. The molecule has 5 heteroatoms. The highest BCUT2D eigenvalue weighted by molar-refractivity contribution is 5.85. The molecule has 7 atom stereocenters. The van der Waals surface area contributed by atoms with E-state index in [2.05, 4.69) is 19.9 Å². The Morgan fingerprint density at radius 2 is 1.82 bits per heavy atom. The maximum atomic E-state index is 13.0. The minimum absolute atomic E-state index is 0.0719. The second kappa shape index (κ2) is 4.91. The Hall–Kier alpha value is -1.65. The lowest BCUT2D eigenvalue weighted by molar-refractivity contribution is -0.164. The molecule has 2 aliphatic heterocycles. The molecular formula is C23H28O5. The topological polar surface area (TPSA) is 69.7 Å². The van der Waals surface area contributed by atoms with Crippen LogP contribution in [0.25, 0.3) is 0 Å². The lowest BCUT2D eigenvalue weighted by atomic mass is 9.45. The van der Waals surface area contributed by atoms with E-state index >= 15 is 0 Å². The van der Waals surface area contributed by atoms with Crippen LogP contribution in [-0.4, -0.2) is 28.9 Å². The monoisotopic (exact) mass is 384 g/mol. The first-order valence-electron chi connectivity index (χ1n) is 10.9. The third-order valence-corrected chi connectivity index (χ3v) is 9.91. The fourth-order valence-electron chi connectivity index (χ4n) is 8.31. The maximum Gasteiger partial charge on any atom is 0.310 e. The summed E-state index contributed by atoms with van der Waals surface area (Å²) >= 11 is 0. The summed E-state index contributed by atoms with van der Waals surface area (Å²) in [4.78, 5) is 37.3. The zero-order valence-corrected chi connectivity index (χ0v) is 16.7. The third-order valence-electron chi connectivity index (χ3n) is 9.91. The molecule has 6 rings (SSSR count). The lowest BCUT2D eigenvalue weighted by Gasteiger charge is -2.58. The zero-order chi connectivity index (χ0) is 19.5. The molecule has 3 saturated carbocycles. The first-order chi connectivity index (χ1) is 13.2. The number of ether oxygens (including phenoxy) is 2. The summed E-state index contributed by atoms with van der Waals surface area (Å²) in [6.07, 6.45) is 8.87. The van der Waals surface area contributed by atoms with Gasteiger partial charge in [0.25, 0.3) is 0 Å². The number of ketones is 1. The molecule has 6 aliphatic rings. The maximum absolute atomic E-state index is 13.0. The van der Waals surface area contributed by atoms with Gasteiger partial charge in [-0.05, 0) is 43.9 Å². The molecule has 2 unspecified atom stereocenters. The van der Waals surface area contributed by atoms with E-state index in [9.17, 15) is 14.4 Å². The molecule has 5 fully saturated rings. The van der Waals surface area contributed by atoms with Crippen molar-refractivity contribution in [1.29, 1.82) is 0 Å². The highest BCUT2D eigenvalue weighted by Crippen LogP contribution is 2.72. The Bertz CT molecular complexity index is 859. The van der Waals surface area contributed by atoms with Gasteiger partial charge in [0, 0.05) is 36.5 Å². The number of hydrogen-bond donors (Lipinski definition) is 0. The van der Waals surface area contributed by atoms with Gasteiger partial charge < -0.3 is 9.47 Å². The van der Waals surface area contributed by atoms with Crippen LogP contribution in [-0.2, 0) is 23.9 Å². The van der Waals surface area contributed by atoms with Gasteiger partial charge in [0.1, 0.15) is 17.0 Å². The van der Waals surface area contributed by atoms with Crippen molar-refractivity contribution >= 4 is 17.7 Å². The molecule has 0 aromatic rings. The van der Waals surface area contributed by atoms with Crippen LogP contribution in [0.5, 0.6) is 0 Å². The van der Waals surface area contributed by atoms with E-state index in [1.54, 1.807) is 0 Å². The van der Waals surface area contributed by atoms with Crippen LogP contribution in [0.3, 0.4) is 0 Å². The van der Waals surface area contributed by atoms with E-state index in [0.717, 1.165) is 32.1 Å². The van der Waals surface area contributed by atoms with Crippen molar-refractivity contribution in [2.24, 2.45) is 28.6 Å². The van der Waals surface area contributed by atoms with Gasteiger partial charge in [-0.2, -0.15) is 0 Å². The summed E-state index contributed by atoms with van der Waals surface area (Å²) in [5.74, 6) is 0.394. The Balaban J connectivity index is 1.48. The summed E-state index contributed by atoms with van der Waals surface area (Å²) in [5, 5.41) is 0. The minimum Gasteiger partial charge on any atom is -0.458 e. The minimum atomic E-state index is -0.629. The second-order valence-electron chi connectivity index (χ2n) is 10.7. The van der Waals surface area contributed by atoms with Crippen molar-refractivity contribution < 1.29 is 23.9 Å². The van der Waals surface area contributed by atoms with Gasteiger partial charge in [-0.3, -0.25) is 14.4 Å². The summed E-state index contributed by atoms with van der Waals surface area (Å²) in [7, 11) is 0. The van der Waals surface area contributed by atoms with Crippen molar-refractivity contribution in [3.63, 3.8) is 0 Å². The molecule has 2 saturated heterocycles. The van der Waals surface area contributed by atoms with Crippen LogP contribution in [0.2, 0.25) is 0 Å². The number of esters is 2. The normalized spacial score (nSPS) is 54.0. The molecule has 0 N–H and O–H groups in total. The van der Waals surface area contributed by atoms with Gasteiger partial charge in [0.2, 0.25) is 0 Å². The quantitative estimate of drug-likeness (QED) is 0.472. The third kappa shape index (κ3) is 1.70. The smallest absolute Gasteiger partial charge is 0.310 e. The molecule has 0 amide bonds. The first-order valence-corrected chi connectivity index (χ1v) is 10.9. The number of Topliss-reactive ketones (excluding diaryl/α,β-unsaturated/α-hetero) is 1. The number of allylic oxidation sites excluding steroid dienone is 1. The number of carbonyl (C=O) groups excluding carboxylic acids is 3. The van der Waals surface area contributed by atoms with Crippen molar-refractivity contribution in [2.45, 2.75) is 82.8 Å². The van der Waals surface area contributed by atoms with Gasteiger partial charge in [-0.25, -0.2) is 0 Å². The van der Waals surface area contributed by atoms with Crippen LogP contribution < -0.4 is 0 Å². The Kier molecular flexibility index (Phi) is 3.02. The molecule has 4 aliphatic carbocycles. The van der Waals surface area contributed by atoms with Gasteiger partial charge in [0.05, 0.1) is 5.92 Å². The predicted octanol–water partition coefficient (Wildman–Crippen LogP) is 3.50. The van der Waals surface area contributed by atoms with E-state index in [1.807, 2.05) is 0 Å². The Labute approximate surface area is 165 Å².